The molecule has 0 spiro atoms. The van der Waals surface area contributed by atoms with Crippen molar-refractivity contribution in [3.05, 3.63) is 60.7 Å². The third-order valence-corrected chi connectivity index (χ3v) is 5.90. The number of aromatic nitrogens is 4. The molecule has 5 rings (SSSR count). The molecule has 0 radical (unpaired) electrons. The van der Waals surface area contributed by atoms with Gasteiger partial charge in [0.15, 0.2) is 0 Å². The molecule has 1 aliphatic rings. The molecule has 1 fully saturated rings. The molecule has 3 aromatic heterocycles. The molecule has 3 heterocycles. The molecule has 0 saturated heterocycles. The highest BCUT2D eigenvalue weighted by Crippen LogP contribution is 2.38. The summed E-state index contributed by atoms with van der Waals surface area (Å²) in [6.07, 6.45) is 11.8. The molecule has 136 valence electrons. The topological polar surface area (TPSA) is 69.6 Å². The molecule has 2 atom stereocenters. The fourth-order valence-electron chi connectivity index (χ4n) is 4.46. The number of hydrogen-bond acceptors (Lipinski definition) is 4. The lowest BCUT2D eigenvalue weighted by atomic mass is 9.97. The lowest BCUT2D eigenvalue weighted by molar-refractivity contribution is 0.461. The van der Waals surface area contributed by atoms with E-state index in [-0.39, 0.29) is 0 Å². The van der Waals surface area contributed by atoms with E-state index in [4.69, 9.17) is 5.73 Å². The summed E-state index contributed by atoms with van der Waals surface area (Å²) >= 11 is 0. The van der Waals surface area contributed by atoms with Crippen LogP contribution in [0.5, 0.6) is 0 Å². The number of aryl methyl sites for hydroxylation is 1. The zero-order valence-electron chi connectivity index (χ0n) is 15.3. The van der Waals surface area contributed by atoms with E-state index in [0.717, 1.165) is 34.3 Å². The van der Waals surface area contributed by atoms with Crippen molar-refractivity contribution in [3.63, 3.8) is 0 Å². The van der Waals surface area contributed by atoms with Crippen LogP contribution in [-0.2, 0) is 6.42 Å². The van der Waals surface area contributed by atoms with Crippen molar-refractivity contribution in [1.82, 2.24) is 19.5 Å². The Morgan fingerprint density at radius 2 is 2.00 bits per heavy atom. The minimum atomic E-state index is 0.556. The summed E-state index contributed by atoms with van der Waals surface area (Å²) in [7, 11) is 0. The number of nitrogens with zero attached hydrogens (tertiary/aromatic N) is 4. The van der Waals surface area contributed by atoms with Crippen molar-refractivity contribution in [2.45, 2.75) is 38.1 Å². The smallest absolute Gasteiger partial charge is 0.143 e. The maximum atomic E-state index is 5.83. The first-order chi connectivity index (χ1) is 13.3. The van der Waals surface area contributed by atoms with Crippen molar-refractivity contribution in [1.29, 1.82) is 0 Å². The Hall–Kier alpha value is -2.95. The van der Waals surface area contributed by atoms with Gasteiger partial charge in [-0.05, 0) is 67.9 Å². The van der Waals surface area contributed by atoms with Gasteiger partial charge in [-0.15, -0.1) is 0 Å². The number of pyridine rings is 1. The van der Waals surface area contributed by atoms with Gasteiger partial charge in [0.2, 0.25) is 0 Å². The van der Waals surface area contributed by atoms with Gasteiger partial charge in [0.25, 0.3) is 0 Å². The predicted molar refractivity (Wildman–Crippen MR) is 108 cm³/mol. The molecule has 0 amide bonds. The van der Waals surface area contributed by atoms with E-state index >= 15 is 0 Å². The first-order valence-corrected chi connectivity index (χ1v) is 9.68. The summed E-state index contributed by atoms with van der Waals surface area (Å²) in [6.45, 7) is 0. The summed E-state index contributed by atoms with van der Waals surface area (Å²) < 4.78 is 2.35. The number of benzene rings is 1. The van der Waals surface area contributed by atoms with Gasteiger partial charge in [0.1, 0.15) is 17.8 Å². The number of nitrogen functional groups attached to an aromatic ring is 1. The third-order valence-electron chi connectivity index (χ3n) is 5.90. The van der Waals surface area contributed by atoms with Gasteiger partial charge in [-0.2, -0.15) is 0 Å². The van der Waals surface area contributed by atoms with Crippen LogP contribution in [0.4, 0.5) is 5.82 Å². The molecule has 1 aromatic carbocycles. The van der Waals surface area contributed by atoms with Gasteiger partial charge < -0.3 is 10.3 Å². The van der Waals surface area contributed by atoms with E-state index < -0.39 is 0 Å². The highest BCUT2D eigenvalue weighted by Gasteiger charge is 2.26. The maximum Gasteiger partial charge on any atom is 0.143 e. The number of anilines is 1. The average Bonchev–Trinajstić information content (AvgIpc) is 3.32. The van der Waals surface area contributed by atoms with Crippen LogP contribution in [0.25, 0.3) is 21.9 Å². The van der Waals surface area contributed by atoms with Crippen LogP contribution in [0.1, 0.15) is 37.3 Å². The van der Waals surface area contributed by atoms with Crippen molar-refractivity contribution >= 4 is 27.8 Å². The summed E-state index contributed by atoms with van der Waals surface area (Å²) in [5.41, 5.74) is 9.24. The second-order valence-electron chi connectivity index (χ2n) is 7.66. The van der Waals surface area contributed by atoms with Crippen LogP contribution in [-0.4, -0.2) is 19.5 Å². The number of fused-ring (bicyclic) bond motifs is 2. The second kappa shape index (κ2) is 6.65. The Kier molecular flexibility index (Phi) is 4.00. The van der Waals surface area contributed by atoms with Crippen LogP contribution in [0.15, 0.2) is 55.1 Å². The highest BCUT2D eigenvalue weighted by molar-refractivity contribution is 5.80. The molecule has 1 saturated carbocycles. The molecule has 0 unspecified atom stereocenters. The summed E-state index contributed by atoms with van der Waals surface area (Å²) in [5.74, 6) is 1.35. The fourth-order valence-corrected chi connectivity index (χ4v) is 4.46. The Morgan fingerprint density at radius 1 is 1.07 bits per heavy atom. The van der Waals surface area contributed by atoms with E-state index in [1.165, 1.54) is 31.2 Å². The molecule has 0 bridgehead atoms. The lowest BCUT2D eigenvalue weighted by Crippen LogP contribution is -2.05. The summed E-state index contributed by atoms with van der Waals surface area (Å²) in [6, 6.07) is 13.1. The SMILES string of the molecule is Nc1ccc2ccc(CC[C@@H]3CC[C@H](n4ccc5cncnc54)C3)cc2n1. The molecule has 5 nitrogen and oxygen atoms in total. The maximum absolute atomic E-state index is 5.83. The van der Waals surface area contributed by atoms with Crippen LogP contribution >= 0.6 is 0 Å². The Balaban J connectivity index is 1.26. The minimum Gasteiger partial charge on any atom is -0.384 e. The normalized spacial score (nSPS) is 19.9. The molecular weight excluding hydrogens is 334 g/mol. The lowest BCUT2D eigenvalue weighted by Gasteiger charge is -2.14. The molecule has 27 heavy (non-hydrogen) atoms. The van der Waals surface area contributed by atoms with Gasteiger partial charge in [0, 0.05) is 29.2 Å². The Labute approximate surface area is 158 Å². The first kappa shape index (κ1) is 16.2. The fraction of sp³-hybridized carbons (Fsp3) is 0.318. The Morgan fingerprint density at radius 3 is 2.96 bits per heavy atom. The van der Waals surface area contributed by atoms with Crippen LogP contribution in [0, 0.1) is 5.92 Å². The van der Waals surface area contributed by atoms with E-state index in [2.05, 4.69) is 50.0 Å². The van der Waals surface area contributed by atoms with Gasteiger partial charge in [-0.3, -0.25) is 0 Å². The van der Waals surface area contributed by atoms with Gasteiger partial charge >= 0.3 is 0 Å². The molecule has 5 heteroatoms. The standard InChI is InChI=1S/C22H23N5/c23-21-8-6-17-5-3-16(12-20(17)26-21)2-1-15-4-7-19(11-15)27-10-9-18-13-24-14-25-22(18)27/h3,5-6,8-10,12-15,19H,1-2,4,7,11H2,(H2,23,26)/t15-,19+/m1/s1. The average molecular weight is 357 g/mol. The molecule has 0 aliphatic heterocycles. The van der Waals surface area contributed by atoms with Crippen LogP contribution in [0.2, 0.25) is 0 Å². The van der Waals surface area contributed by atoms with E-state index in [1.54, 1.807) is 6.33 Å². The predicted octanol–water partition coefficient (Wildman–Crippen LogP) is 4.54. The molecule has 4 aromatic rings. The number of hydrogen-bond donors (Lipinski definition) is 1. The van der Waals surface area contributed by atoms with Crippen molar-refractivity contribution in [2.75, 3.05) is 5.73 Å². The van der Waals surface area contributed by atoms with Crippen molar-refractivity contribution in [3.8, 4) is 0 Å². The van der Waals surface area contributed by atoms with Crippen molar-refractivity contribution in [2.24, 2.45) is 5.92 Å². The molecule has 1 aliphatic carbocycles. The summed E-state index contributed by atoms with van der Waals surface area (Å²) in [4.78, 5) is 13.0. The highest BCUT2D eigenvalue weighted by atomic mass is 15.1. The molecule has 2 N–H and O–H groups in total. The zero-order valence-corrected chi connectivity index (χ0v) is 15.3. The zero-order chi connectivity index (χ0) is 18.2. The van der Waals surface area contributed by atoms with Gasteiger partial charge in [-0.1, -0.05) is 12.1 Å². The van der Waals surface area contributed by atoms with E-state index in [0.29, 0.717) is 11.9 Å². The monoisotopic (exact) mass is 357 g/mol. The van der Waals surface area contributed by atoms with Gasteiger partial charge in [-0.25, -0.2) is 15.0 Å². The van der Waals surface area contributed by atoms with Crippen LogP contribution in [0.3, 0.4) is 0 Å². The van der Waals surface area contributed by atoms with E-state index in [9.17, 15) is 0 Å². The largest absolute Gasteiger partial charge is 0.384 e. The van der Waals surface area contributed by atoms with E-state index in [1.807, 2.05) is 18.3 Å². The van der Waals surface area contributed by atoms with Crippen LogP contribution < -0.4 is 5.73 Å². The first-order valence-electron chi connectivity index (χ1n) is 9.68. The number of nitrogens with two attached hydrogens (primary N) is 1. The van der Waals surface area contributed by atoms with Crippen molar-refractivity contribution < 1.29 is 0 Å². The number of rotatable bonds is 4. The Bertz CT molecular complexity index is 1100. The minimum absolute atomic E-state index is 0.556. The third kappa shape index (κ3) is 3.14. The summed E-state index contributed by atoms with van der Waals surface area (Å²) in [5, 5.41) is 2.28. The quantitative estimate of drug-likeness (QED) is 0.582. The molecular formula is C22H23N5. The second-order valence-corrected chi connectivity index (χ2v) is 7.66. The van der Waals surface area contributed by atoms with Gasteiger partial charge in [0.05, 0.1) is 5.52 Å².